The van der Waals surface area contributed by atoms with E-state index in [1.807, 2.05) is 0 Å². The maximum absolute atomic E-state index is 5.29. The molecule has 0 saturated carbocycles. The van der Waals surface area contributed by atoms with Gasteiger partial charge >= 0.3 is 0 Å². The Balaban J connectivity index is 2.48. The lowest BCUT2D eigenvalue weighted by Crippen LogP contribution is -2.48. The third-order valence-corrected chi connectivity index (χ3v) is 4.12. The van der Waals surface area contributed by atoms with Gasteiger partial charge in [0, 0.05) is 25.5 Å². The molecule has 0 aromatic carbocycles. The van der Waals surface area contributed by atoms with Crippen LogP contribution in [0.5, 0.6) is 0 Å². The Bertz CT molecular complexity index is 261. The highest BCUT2D eigenvalue weighted by molar-refractivity contribution is 8.13. The van der Waals surface area contributed by atoms with Crippen LogP contribution in [0.25, 0.3) is 0 Å². The molecule has 2 atom stereocenters. The second kappa shape index (κ2) is 7.24. The zero-order valence-corrected chi connectivity index (χ0v) is 12.1. The van der Waals surface area contributed by atoms with Gasteiger partial charge in [0.15, 0.2) is 5.17 Å². The molecule has 1 aliphatic heterocycles. The fourth-order valence-electron chi connectivity index (χ4n) is 1.65. The molecule has 2 unspecified atom stereocenters. The minimum Gasteiger partial charge on any atom is -0.382 e. The normalized spacial score (nSPS) is 29.1. The second-order valence-electron chi connectivity index (χ2n) is 4.60. The fraction of sp³-hybridized carbons (Fsp3) is 0.917. The molecular weight excluding hydrogens is 236 g/mol. The summed E-state index contributed by atoms with van der Waals surface area (Å²) in [5.41, 5.74) is 0.202. The average molecular weight is 260 g/mol. The zero-order valence-electron chi connectivity index (χ0n) is 11.3. The van der Waals surface area contributed by atoms with E-state index in [0.29, 0.717) is 13.2 Å². The number of ether oxygens (including phenoxy) is 2. The Labute approximate surface area is 109 Å². The van der Waals surface area contributed by atoms with Gasteiger partial charge in [0.2, 0.25) is 0 Å². The Morgan fingerprint density at radius 1 is 1.53 bits per heavy atom. The van der Waals surface area contributed by atoms with Gasteiger partial charge in [-0.15, -0.1) is 0 Å². The monoisotopic (exact) mass is 260 g/mol. The number of nitrogens with zero attached hydrogens (tertiary/aromatic N) is 1. The SMILES string of the molecule is CCC1(C)CCSC(=NCC(COC)OC)N1. The number of rotatable bonds is 6. The summed E-state index contributed by atoms with van der Waals surface area (Å²) in [5, 5.41) is 4.56. The van der Waals surface area contributed by atoms with Crippen LogP contribution in [0.15, 0.2) is 4.99 Å². The minimum absolute atomic E-state index is 0.0460. The highest BCUT2D eigenvalue weighted by Crippen LogP contribution is 2.24. The summed E-state index contributed by atoms with van der Waals surface area (Å²) < 4.78 is 10.4. The molecule has 0 spiro atoms. The van der Waals surface area contributed by atoms with Gasteiger partial charge in [-0.3, -0.25) is 4.99 Å². The van der Waals surface area contributed by atoms with Crippen LogP contribution in [0, 0.1) is 0 Å². The first-order chi connectivity index (χ1) is 8.13. The molecule has 0 amide bonds. The number of thioether (sulfide) groups is 1. The van der Waals surface area contributed by atoms with Crippen LogP contribution >= 0.6 is 11.8 Å². The summed E-state index contributed by atoms with van der Waals surface area (Å²) in [6, 6.07) is 0. The first-order valence-electron chi connectivity index (χ1n) is 6.10. The first kappa shape index (κ1) is 14.8. The van der Waals surface area contributed by atoms with Gasteiger partial charge < -0.3 is 14.8 Å². The van der Waals surface area contributed by atoms with Gasteiger partial charge in [0.1, 0.15) is 0 Å². The van der Waals surface area contributed by atoms with E-state index in [1.165, 1.54) is 6.42 Å². The lowest BCUT2D eigenvalue weighted by Gasteiger charge is -2.35. The van der Waals surface area contributed by atoms with Crippen LogP contribution in [0.2, 0.25) is 0 Å². The summed E-state index contributed by atoms with van der Waals surface area (Å²) in [6.45, 7) is 5.71. The van der Waals surface area contributed by atoms with Crippen molar-refractivity contribution in [1.82, 2.24) is 5.32 Å². The highest BCUT2D eigenvalue weighted by Gasteiger charge is 2.27. The molecule has 4 nitrogen and oxygen atoms in total. The van der Waals surface area contributed by atoms with Crippen molar-refractivity contribution in [2.24, 2.45) is 4.99 Å². The molecule has 1 rings (SSSR count). The molecule has 17 heavy (non-hydrogen) atoms. The van der Waals surface area contributed by atoms with Crippen molar-refractivity contribution >= 4 is 16.9 Å². The molecular formula is C12H24N2O2S. The predicted molar refractivity (Wildman–Crippen MR) is 73.9 cm³/mol. The molecule has 0 aromatic heterocycles. The third kappa shape index (κ3) is 4.85. The molecule has 1 N–H and O–H groups in total. The number of hydrogen-bond donors (Lipinski definition) is 1. The van der Waals surface area contributed by atoms with E-state index >= 15 is 0 Å². The quantitative estimate of drug-likeness (QED) is 0.792. The molecule has 1 heterocycles. The summed E-state index contributed by atoms with van der Waals surface area (Å²) in [4.78, 5) is 4.58. The Morgan fingerprint density at radius 2 is 2.29 bits per heavy atom. The van der Waals surface area contributed by atoms with Crippen LogP contribution in [0.3, 0.4) is 0 Å². The van der Waals surface area contributed by atoms with Crippen molar-refractivity contribution in [3.63, 3.8) is 0 Å². The number of hydrogen-bond acceptors (Lipinski definition) is 4. The number of nitrogens with one attached hydrogen (secondary N) is 1. The fourth-order valence-corrected chi connectivity index (χ4v) is 2.88. The summed E-state index contributed by atoms with van der Waals surface area (Å²) in [6.07, 6.45) is 2.36. The Kier molecular flexibility index (Phi) is 6.30. The van der Waals surface area contributed by atoms with Crippen molar-refractivity contribution in [2.75, 3.05) is 33.1 Å². The Hall–Kier alpha value is -0.260. The van der Waals surface area contributed by atoms with Gasteiger partial charge in [0.25, 0.3) is 0 Å². The molecule has 100 valence electrons. The van der Waals surface area contributed by atoms with E-state index in [-0.39, 0.29) is 11.6 Å². The van der Waals surface area contributed by atoms with Crippen LogP contribution in [0.1, 0.15) is 26.7 Å². The largest absolute Gasteiger partial charge is 0.382 e. The standard InChI is InChI=1S/C12H24N2O2S/c1-5-12(2)6-7-17-11(14-12)13-8-10(16-4)9-15-3/h10H,5-9H2,1-4H3,(H,13,14). The van der Waals surface area contributed by atoms with Crippen molar-refractivity contribution < 1.29 is 9.47 Å². The molecule has 0 aliphatic carbocycles. The van der Waals surface area contributed by atoms with Crippen LogP contribution in [-0.4, -0.2) is 49.9 Å². The number of aliphatic imine (C=N–C) groups is 1. The molecule has 0 aromatic rings. The van der Waals surface area contributed by atoms with Crippen molar-refractivity contribution in [3.8, 4) is 0 Å². The van der Waals surface area contributed by atoms with Gasteiger partial charge in [-0.1, -0.05) is 18.7 Å². The van der Waals surface area contributed by atoms with Crippen LogP contribution < -0.4 is 5.32 Å². The van der Waals surface area contributed by atoms with Gasteiger partial charge in [0.05, 0.1) is 19.3 Å². The summed E-state index contributed by atoms with van der Waals surface area (Å²) >= 11 is 1.79. The summed E-state index contributed by atoms with van der Waals surface area (Å²) in [7, 11) is 3.38. The van der Waals surface area contributed by atoms with E-state index in [0.717, 1.165) is 17.3 Å². The predicted octanol–water partition coefficient (Wildman–Crippen LogP) is 1.90. The van der Waals surface area contributed by atoms with Gasteiger partial charge in [-0.05, 0) is 19.8 Å². The topological polar surface area (TPSA) is 42.9 Å². The Morgan fingerprint density at radius 3 is 2.88 bits per heavy atom. The molecule has 5 heteroatoms. The zero-order chi connectivity index (χ0) is 12.7. The van der Waals surface area contributed by atoms with E-state index < -0.39 is 0 Å². The third-order valence-electron chi connectivity index (χ3n) is 3.21. The summed E-state index contributed by atoms with van der Waals surface area (Å²) in [5.74, 6) is 1.14. The van der Waals surface area contributed by atoms with Gasteiger partial charge in [-0.2, -0.15) is 0 Å². The highest BCUT2D eigenvalue weighted by atomic mass is 32.2. The van der Waals surface area contributed by atoms with E-state index in [4.69, 9.17) is 9.47 Å². The lowest BCUT2D eigenvalue weighted by molar-refractivity contribution is 0.0344. The van der Waals surface area contributed by atoms with Crippen LogP contribution in [-0.2, 0) is 9.47 Å². The molecule has 1 saturated heterocycles. The first-order valence-corrected chi connectivity index (χ1v) is 7.09. The number of methoxy groups -OCH3 is 2. The average Bonchev–Trinajstić information content (AvgIpc) is 2.34. The number of amidine groups is 1. The molecule has 0 bridgehead atoms. The van der Waals surface area contributed by atoms with E-state index in [1.54, 1.807) is 26.0 Å². The van der Waals surface area contributed by atoms with Crippen molar-refractivity contribution in [2.45, 2.75) is 38.3 Å². The smallest absolute Gasteiger partial charge is 0.157 e. The lowest BCUT2D eigenvalue weighted by atomic mass is 9.96. The molecule has 0 radical (unpaired) electrons. The minimum atomic E-state index is 0.0460. The van der Waals surface area contributed by atoms with Crippen molar-refractivity contribution in [1.29, 1.82) is 0 Å². The van der Waals surface area contributed by atoms with E-state index in [2.05, 4.69) is 24.2 Å². The molecule has 1 fully saturated rings. The maximum Gasteiger partial charge on any atom is 0.157 e. The second-order valence-corrected chi connectivity index (χ2v) is 5.68. The molecule has 1 aliphatic rings. The van der Waals surface area contributed by atoms with Crippen molar-refractivity contribution in [3.05, 3.63) is 0 Å². The van der Waals surface area contributed by atoms with Gasteiger partial charge in [-0.25, -0.2) is 0 Å². The maximum atomic E-state index is 5.29. The van der Waals surface area contributed by atoms with Crippen LogP contribution in [0.4, 0.5) is 0 Å². The van der Waals surface area contributed by atoms with E-state index in [9.17, 15) is 0 Å².